The first kappa shape index (κ1) is 20.2. The molecule has 2 amide bonds. The Kier molecular flexibility index (Phi) is 5.10. The summed E-state index contributed by atoms with van der Waals surface area (Å²) in [6, 6.07) is 11.5. The van der Waals surface area contributed by atoms with E-state index >= 15 is 0 Å². The second kappa shape index (κ2) is 8.08. The number of carbonyl (C=O) groups is 2. The Morgan fingerprint density at radius 2 is 2.03 bits per heavy atom. The van der Waals surface area contributed by atoms with Crippen LogP contribution in [0.2, 0.25) is 0 Å². The van der Waals surface area contributed by atoms with Crippen molar-refractivity contribution in [3.63, 3.8) is 0 Å². The van der Waals surface area contributed by atoms with E-state index in [0.29, 0.717) is 25.1 Å². The lowest BCUT2D eigenvalue weighted by molar-refractivity contribution is 0.0788. The number of nitrogen functional groups attached to an aromatic ring is 1. The number of aromatic nitrogens is 3. The molecule has 4 aromatic rings. The molecule has 8 nitrogen and oxygen atoms in total. The van der Waals surface area contributed by atoms with Crippen LogP contribution in [0.25, 0.3) is 21.2 Å². The maximum atomic E-state index is 13.0. The number of hydrogen-bond donors (Lipinski definition) is 2. The minimum absolute atomic E-state index is 0.00250. The zero-order valence-electron chi connectivity index (χ0n) is 17.5. The molecule has 0 unspecified atom stereocenters. The van der Waals surface area contributed by atoms with Crippen LogP contribution in [0.5, 0.6) is 0 Å². The van der Waals surface area contributed by atoms with E-state index in [1.165, 1.54) is 11.3 Å². The van der Waals surface area contributed by atoms with E-state index in [2.05, 4.69) is 15.4 Å². The van der Waals surface area contributed by atoms with Gasteiger partial charge in [0.25, 0.3) is 11.8 Å². The van der Waals surface area contributed by atoms with Crippen molar-refractivity contribution >= 4 is 39.1 Å². The first-order valence-electron chi connectivity index (χ1n) is 10.3. The van der Waals surface area contributed by atoms with Gasteiger partial charge in [0.05, 0.1) is 16.6 Å². The van der Waals surface area contributed by atoms with E-state index in [-0.39, 0.29) is 23.7 Å². The predicted molar refractivity (Wildman–Crippen MR) is 124 cm³/mol. The van der Waals surface area contributed by atoms with E-state index in [4.69, 9.17) is 5.73 Å². The normalized spacial score (nSPS) is 15.9. The highest BCUT2D eigenvalue weighted by Crippen LogP contribution is 2.27. The van der Waals surface area contributed by atoms with Crippen molar-refractivity contribution in [3.8, 4) is 11.1 Å². The number of nitrogens with one attached hydrogen (secondary N) is 1. The van der Waals surface area contributed by atoms with Crippen LogP contribution in [0, 0.1) is 0 Å². The molecule has 1 aliphatic heterocycles. The van der Waals surface area contributed by atoms with Gasteiger partial charge in [-0.05, 0) is 30.0 Å². The highest BCUT2D eigenvalue weighted by atomic mass is 32.1. The van der Waals surface area contributed by atoms with Crippen molar-refractivity contribution in [2.75, 3.05) is 18.8 Å². The molecule has 162 valence electrons. The third-order valence-electron chi connectivity index (χ3n) is 5.65. The lowest BCUT2D eigenvalue weighted by Crippen LogP contribution is -2.38. The maximum absolute atomic E-state index is 13.0. The second-order valence-electron chi connectivity index (χ2n) is 7.92. The molecule has 0 saturated carbocycles. The Hall–Kier alpha value is -3.72. The summed E-state index contributed by atoms with van der Waals surface area (Å²) in [5.41, 5.74) is 7.93. The van der Waals surface area contributed by atoms with E-state index in [1.807, 2.05) is 43.6 Å². The molecule has 32 heavy (non-hydrogen) atoms. The molecule has 3 aromatic heterocycles. The third kappa shape index (κ3) is 3.82. The van der Waals surface area contributed by atoms with Gasteiger partial charge in [0, 0.05) is 54.4 Å². The van der Waals surface area contributed by atoms with Crippen LogP contribution in [0.15, 0.2) is 55.0 Å². The van der Waals surface area contributed by atoms with Crippen molar-refractivity contribution in [1.29, 1.82) is 0 Å². The monoisotopic (exact) mass is 446 g/mol. The average Bonchev–Trinajstić information content (AvgIpc) is 3.53. The van der Waals surface area contributed by atoms with Crippen molar-refractivity contribution in [1.82, 2.24) is 25.0 Å². The first-order chi connectivity index (χ1) is 15.5. The van der Waals surface area contributed by atoms with E-state index in [1.54, 1.807) is 28.0 Å². The number of benzene rings is 1. The van der Waals surface area contributed by atoms with Gasteiger partial charge in [0.1, 0.15) is 5.82 Å². The molecule has 1 atom stereocenters. The highest BCUT2D eigenvalue weighted by Gasteiger charge is 2.29. The molecule has 1 saturated heterocycles. The summed E-state index contributed by atoms with van der Waals surface area (Å²) in [4.78, 5) is 32.6. The van der Waals surface area contributed by atoms with Crippen molar-refractivity contribution in [2.45, 2.75) is 12.5 Å². The van der Waals surface area contributed by atoms with Gasteiger partial charge in [-0.25, -0.2) is 4.98 Å². The minimum atomic E-state index is -0.290. The van der Waals surface area contributed by atoms with Crippen LogP contribution < -0.4 is 11.1 Å². The maximum Gasteiger partial charge on any atom is 0.264 e. The van der Waals surface area contributed by atoms with E-state index < -0.39 is 0 Å². The largest absolute Gasteiger partial charge is 0.383 e. The number of pyridine rings is 1. The fourth-order valence-electron chi connectivity index (χ4n) is 3.95. The molecule has 0 spiro atoms. The number of fused-ring (bicyclic) bond motifs is 1. The van der Waals surface area contributed by atoms with Crippen LogP contribution in [-0.4, -0.2) is 50.6 Å². The lowest BCUT2D eigenvalue weighted by Gasteiger charge is -2.17. The highest BCUT2D eigenvalue weighted by molar-refractivity contribution is 7.20. The van der Waals surface area contributed by atoms with Gasteiger partial charge < -0.3 is 16.0 Å². The molecule has 4 heterocycles. The standard InChI is InChI=1S/C23H22N6O2S/c1-28-12-16(11-26-28)15-8-18(21(24)25-10-15)22(30)27-17-6-7-29(13-17)23(31)20-9-14-4-2-3-5-19(14)32-20/h2-5,8-12,17H,6-7,13H2,1H3,(H2,24,25)(H,27,30)/t17-/m1/s1. The average molecular weight is 447 g/mol. The number of likely N-dealkylation sites (tertiary alicyclic amines) is 1. The van der Waals surface area contributed by atoms with Crippen LogP contribution >= 0.6 is 11.3 Å². The van der Waals surface area contributed by atoms with Gasteiger partial charge in [0.15, 0.2) is 0 Å². The molecule has 3 N–H and O–H groups in total. The van der Waals surface area contributed by atoms with Crippen molar-refractivity contribution in [2.24, 2.45) is 7.05 Å². The molecule has 9 heteroatoms. The summed E-state index contributed by atoms with van der Waals surface area (Å²) in [5.74, 6) is -0.115. The third-order valence-corrected chi connectivity index (χ3v) is 6.75. The predicted octanol–water partition coefficient (Wildman–Crippen LogP) is 2.92. The Morgan fingerprint density at radius 1 is 1.19 bits per heavy atom. The number of amides is 2. The first-order valence-corrected chi connectivity index (χ1v) is 11.1. The van der Waals surface area contributed by atoms with Gasteiger partial charge >= 0.3 is 0 Å². The summed E-state index contributed by atoms with van der Waals surface area (Å²) >= 11 is 1.50. The van der Waals surface area contributed by atoms with Crippen molar-refractivity contribution in [3.05, 3.63) is 65.4 Å². The van der Waals surface area contributed by atoms with Gasteiger partial charge in [-0.15, -0.1) is 11.3 Å². The van der Waals surface area contributed by atoms with Gasteiger partial charge in [0.2, 0.25) is 0 Å². The zero-order chi connectivity index (χ0) is 22.2. The second-order valence-corrected chi connectivity index (χ2v) is 9.00. The van der Waals surface area contributed by atoms with Crippen LogP contribution in [0.1, 0.15) is 26.5 Å². The quantitative estimate of drug-likeness (QED) is 0.501. The van der Waals surface area contributed by atoms with Gasteiger partial charge in [-0.2, -0.15) is 5.10 Å². The molecule has 0 bridgehead atoms. The van der Waals surface area contributed by atoms with Crippen molar-refractivity contribution < 1.29 is 9.59 Å². The minimum Gasteiger partial charge on any atom is -0.383 e. The Labute approximate surface area is 188 Å². The SMILES string of the molecule is Cn1cc(-c2cnc(N)c(C(=O)N[C@@H]3CCN(C(=O)c4cc5ccccc5s4)C3)c2)cn1. The topological polar surface area (TPSA) is 106 Å². The molecule has 0 aliphatic carbocycles. The summed E-state index contributed by atoms with van der Waals surface area (Å²) in [6.07, 6.45) is 5.88. The van der Waals surface area contributed by atoms with Crippen LogP contribution in [0.3, 0.4) is 0 Å². The fraction of sp³-hybridized carbons (Fsp3) is 0.217. The summed E-state index contributed by atoms with van der Waals surface area (Å²) in [6.45, 7) is 1.07. The molecule has 0 radical (unpaired) electrons. The lowest BCUT2D eigenvalue weighted by atomic mass is 10.1. The fourth-order valence-corrected chi connectivity index (χ4v) is 4.98. The van der Waals surface area contributed by atoms with E-state index in [0.717, 1.165) is 26.1 Å². The number of hydrogen-bond acceptors (Lipinski definition) is 6. The number of carbonyl (C=O) groups excluding carboxylic acids is 2. The number of nitrogens with two attached hydrogens (primary N) is 1. The molecular weight excluding hydrogens is 424 g/mol. The molecule has 5 rings (SSSR count). The molecule has 1 aromatic carbocycles. The van der Waals surface area contributed by atoms with Gasteiger partial charge in [-0.1, -0.05) is 18.2 Å². The smallest absolute Gasteiger partial charge is 0.264 e. The number of nitrogens with zero attached hydrogens (tertiary/aromatic N) is 4. The summed E-state index contributed by atoms with van der Waals surface area (Å²) in [5, 5.41) is 8.24. The Balaban J connectivity index is 1.27. The number of thiophene rings is 1. The number of anilines is 1. The molecular formula is C23H22N6O2S. The summed E-state index contributed by atoms with van der Waals surface area (Å²) < 4.78 is 2.78. The van der Waals surface area contributed by atoms with E-state index in [9.17, 15) is 9.59 Å². The molecule has 1 aliphatic rings. The molecule has 1 fully saturated rings. The van der Waals surface area contributed by atoms with Crippen LogP contribution in [0.4, 0.5) is 5.82 Å². The number of rotatable bonds is 4. The van der Waals surface area contributed by atoms with Crippen LogP contribution in [-0.2, 0) is 7.05 Å². The van der Waals surface area contributed by atoms with Gasteiger partial charge in [-0.3, -0.25) is 14.3 Å². The Bertz CT molecular complexity index is 1290. The summed E-state index contributed by atoms with van der Waals surface area (Å²) in [7, 11) is 1.83. The Morgan fingerprint density at radius 3 is 2.81 bits per heavy atom. The number of aryl methyl sites for hydroxylation is 1. The zero-order valence-corrected chi connectivity index (χ0v) is 18.3.